The van der Waals surface area contributed by atoms with Crippen molar-refractivity contribution in [1.29, 1.82) is 0 Å². The Hall–Kier alpha value is -2.15. The van der Waals surface area contributed by atoms with Crippen molar-refractivity contribution >= 4 is 17.4 Å². The van der Waals surface area contributed by atoms with Gasteiger partial charge in [-0.2, -0.15) is 0 Å². The molecule has 0 spiro atoms. The predicted molar refractivity (Wildman–Crippen MR) is 75.6 cm³/mol. The second-order valence-corrected chi connectivity index (χ2v) is 4.83. The molecule has 7 nitrogen and oxygen atoms in total. The van der Waals surface area contributed by atoms with Crippen LogP contribution in [0.3, 0.4) is 0 Å². The number of non-ortho nitro benzene ring substituents is 1. The smallest absolute Gasteiger partial charge is 0.322 e. The van der Waals surface area contributed by atoms with Gasteiger partial charge in [-0.1, -0.05) is 0 Å². The highest BCUT2D eigenvalue weighted by Gasteiger charge is 2.18. The van der Waals surface area contributed by atoms with Gasteiger partial charge in [-0.3, -0.25) is 10.1 Å². The molecule has 0 saturated carbocycles. The minimum absolute atomic E-state index is 0.0345. The second-order valence-electron chi connectivity index (χ2n) is 4.83. The molecular formula is C13H19N3O4. The minimum atomic E-state index is -0.625. The van der Waals surface area contributed by atoms with Crippen LogP contribution in [0.25, 0.3) is 0 Å². The summed E-state index contributed by atoms with van der Waals surface area (Å²) in [6, 6.07) is 5.17. The summed E-state index contributed by atoms with van der Waals surface area (Å²) in [4.78, 5) is 23.6. The standard InChI is InChI=1S/C13H19N3O4/c1-9(2)15(8-10(3)17)13(18)14-11-4-6-12(7-5-11)16(19)20/h4-7,9-10,17H,8H2,1-3H3,(H,14,18). The summed E-state index contributed by atoms with van der Waals surface area (Å²) in [7, 11) is 0. The molecule has 0 aliphatic heterocycles. The third-order valence-electron chi connectivity index (χ3n) is 2.67. The topological polar surface area (TPSA) is 95.7 Å². The first-order valence-electron chi connectivity index (χ1n) is 6.31. The number of carbonyl (C=O) groups is 1. The average Bonchev–Trinajstić information content (AvgIpc) is 2.35. The van der Waals surface area contributed by atoms with Crippen LogP contribution in [0.1, 0.15) is 20.8 Å². The Labute approximate surface area is 117 Å². The number of nitrogens with one attached hydrogen (secondary N) is 1. The molecule has 1 rings (SSSR count). The van der Waals surface area contributed by atoms with Crippen LogP contribution < -0.4 is 5.32 Å². The quantitative estimate of drug-likeness (QED) is 0.639. The lowest BCUT2D eigenvalue weighted by Crippen LogP contribution is -2.43. The molecule has 2 amide bonds. The van der Waals surface area contributed by atoms with Crippen molar-refractivity contribution < 1.29 is 14.8 Å². The second kappa shape index (κ2) is 6.85. The van der Waals surface area contributed by atoms with E-state index in [1.54, 1.807) is 6.92 Å². The Morgan fingerprint density at radius 1 is 1.35 bits per heavy atom. The summed E-state index contributed by atoms with van der Waals surface area (Å²) in [6.07, 6.45) is -0.625. The van der Waals surface area contributed by atoms with Gasteiger partial charge in [0.15, 0.2) is 0 Å². The number of nitro groups is 1. The van der Waals surface area contributed by atoms with Gasteiger partial charge in [-0.25, -0.2) is 4.79 Å². The van der Waals surface area contributed by atoms with Crippen molar-refractivity contribution in [3.8, 4) is 0 Å². The van der Waals surface area contributed by atoms with Crippen LogP contribution in [0.15, 0.2) is 24.3 Å². The molecule has 110 valence electrons. The fraction of sp³-hybridized carbons (Fsp3) is 0.462. The van der Waals surface area contributed by atoms with E-state index in [2.05, 4.69) is 5.32 Å². The highest BCUT2D eigenvalue weighted by atomic mass is 16.6. The van der Waals surface area contributed by atoms with Gasteiger partial charge in [0, 0.05) is 30.4 Å². The van der Waals surface area contributed by atoms with Gasteiger partial charge in [0.05, 0.1) is 11.0 Å². The van der Waals surface area contributed by atoms with Gasteiger partial charge in [0.2, 0.25) is 0 Å². The van der Waals surface area contributed by atoms with E-state index in [4.69, 9.17) is 0 Å². The van der Waals surface area contributed by atoms with E-state index in [0.29, 0.717) is 5.69 Å². The summed E-state index contributed by atoms with van der Waals surface area (Å²) < 4.78 is 0. The van der Waals surface area contributed by atoms with Gasteiger partial charge in [-0.05, 0) is 32.9 Å². The zero-order valence-electron chi connectivity index (χ0n) is 11.7. The molecule has 0 aliphatic carbocycles. The number of benzene rings is 1. The SMILES string of the molecule is CC(O)CN(C(=O)Nc1ccc([N+](=O)[O-])cc1)C(C)C. The molecule has 7 heteroatoms. The summed E-state index contributed by atoms with van der Waals surface area (Å²) in [5, 5.41) is 22.6. The van der Waals surface area contributed by atoms with E-state index in [1.807, 2.05) is 13.8 Å². The van der Waals surface area contributed by atoms with E-state index in [9.17, 15) is 20.0 Å². The van der Waals surface area contributed by atoms with Gasteiger partial charge in [0.25, 0.3) is 5.69 Å². The third kappa shape index (κ3) is 4.51. The maximum absolute atomic E-state index is 12.1. The zero-order chi connectivity index (χ0) is 15.3. The molecule has 1 aromatic rings. The summed E-state index contributed by atoms with van der Waals surface area (Å²) >= 11 is 0. The van der Waals surface area contributed by atoms with E-state index in [0.717, 1.165) is 0 Å². The van der Waals surface area contributed by atoms with Crippen molar-refractivity contribution in [1.82, 2.24) is 4.90 Å². The largest absolute Gasteiger partial charge is 0.392 e. The first-order chi connectivity index (χ1) is 9.31. The number of urea groups is 1. The molecule has 2 N–H and O–H groups in total. The predicted octanol–water partition coefficient (Wildman–Crippen LogP) is 2.22. The molecule has 0 aromatic heterocycles. The number of anilines is 1. The summed E-state index contributed by atoms with van der Waals surface area (Å²) in [5.41, 5.74) is 0.435. The van der Waals surface area contributed by atoms with Crippen molar-refractivity contribution in [2.24, 2.45) is 0 Å². The van der Waals surface area contributed by atoms with Gasteiger partial charge in [0.1, 0.15) is 0 Å². The number of hydrogen-bond acceptors (Lipinski definition) is 4. The van der Waals surface area contributed by atoms with Crippen LogP contribution in [-0.2, 0) is 0 Å². The molecule has 0 fully saturated rings. The van der Waals surface area contributed by atoms with Crippen molar-refractivity contribution in [3.63, 3.8) is 0 Å². The lowest BCUT2D eigenvalue weighted by atomic mass is 10.2. The molecule has 1 unspecified atom stereocenters. The van der Waals surface area contributed by atoms with E-state index in [-0.39, 0.29) is 24.3 Å². The minimum Gasteiger partial charge on any atom is -0.392 e. The Kier molecular flexibility index (Phi) is 5.45. The Balaban J connectivity index is 2.75. The molecular weight excluding hydrogens is 262 g/mol. The Morgan fingerprint density at radius 3 is 2.30 bits per heavy atom. The summed E-state index contributed by atoms with van der Waals surface area (Å²) in [6.45, 7) is 5.51. The number of rotatable bonds is 5. The number of nitrogens with zero attached hydrogens (tertiary/aromatic N) is 2. The van der Waals surface area contributed by atoms with Crippen molar-refractivity contribution in [3.05, 3.63) is 34.4 Å². The van der Waals surface area contributed by atoms with Crippen LogP contribution in [0.4, 0.5) is 16.2 Å². The fourth-order valence-corrected chi connectivity index (χ4v) is 1.67. The van der Waals surface area contributed by atoms with Gasteiger partial charge in [-0.15, -0.1) is 0 Å². The molecule has 1 atom stereocenters. The average molecular weight is 281 g/mol. The molecule has 0 aliphatic rings. The van der Waals surface area contributed by atoms with Crippen LogP contribution >= 0.6 is 0 Å². The first-order valence-corrected chi connectivity index (χ1v) is 6.31. The van der Waals surface area contributed by atoms with Crippen LogP contribution in [0.5, 0.6) is 0 Å². The highest BCUT2D eigenvalue weighted by molar-refractivity contribution is 5.89. The number of aliphatic hydroxyl groups is 1. The molecule has 1 aromatic carbocycles. The lowest BCUT2D eigenvalue weighted by molar-refractivity contribution is -0.384. The maximum Gasteiger partial charge on any atom is 0.322 e. The molecule has 0 bridgehead atoms. The number of carbonyl (C=O) groups excluding carboxylic acids is 1. The number of hydrogen-bond donors (Lipinski definition) is 2. The van der Waals surface area contributed by atoms with Gasteiger partial charge < -0.3 is 15.3 Å². The molecule has 0 saturated heterocycles. The first kappa shape index (κ1) is 15.9. The lowest BCUT2D eigenvalue weighted by Gasteiger charge is -2.28. The number of nitro benzene ring substituents is 1. The van der Waals surface area contributed by atoms with Crippen molar-refractivity contribution in [2.45, 2.75) is 32.9 Å². The van der Waals surface area contributed by atoms with Gasteiger partial charge >= 0.3 is 6.03 Å². The van der Waals surface area contributed by atoms with E-state index < -0.39 is 11.0 Å². The highest BCUT2D eigenvalue weighted by Crippen LogP contribution is 2.16. The third-order valence-corrected chi connectivity index (χ3v) is 2.67. The monoisotopic (exact) mass is 281 g/mol. The Morgan fingerprint density at radius 2 is 1.90 bits per heavy atom. The molecule has 0 heterocycles. The van der Waals surface area contributed by atoms with Crippen LogP contribution in [-0.4, -0.2) is 39.7 Å². The zero-order valence-corrected chi connectivity index (χ0v) is 11.7. The molecule has 20 heavy (non-hydrogen) atoms. The molecule has 0 radical (unpaired) electrons. The van der Waals surface area contributed by atoms with Crippen LogP contribution in [0, 0.1) is 10.1 Å². The number of aliphatic hydroxyl groups excluding tert-OH is 1. The van der Waals surface area contributed by atoms with Crippen LogP contribution in [0.2, 0.25) is 0 Å². The fourth-order valence-electron chi connectivity index (χ4n) is 1.67. The Bertz CT molecular complexity index is 471. The maximum atomic E-state index is 12.1. The van der Waals surface area contributed by atoms with E-state index in [1.165, 1.54) is 29.2 Å². The normalized spacial score (nSPS) is 12.1. The number of amides is 2. The van der Waals surface area contributed by atoms with Crippen molar-refractivity contribution in [2.75, 3.05) is 11.9 Å². The van der Waals surface area contributed by atoms with E-state index >= 15 is 0 Å². The summed E-state index contributed by atoms with van der Waals surface area (Å²) in [5.74, 6) is 0.